The fourth-order valence-corrected chi connectivity index (χ4v) is 1.67. The lowest BCUT2D eigenvalue weighted by Crippen LogP contribution is -2.54. The van der Waals surface area contributed by atoms with E-state index < -0.39 is 5.60 Å². The molecule has 0 atom stereocenters. The average molecular weight is 230 g/mol. The van der Waals surface area contributed by atoms with Gasteiger partial charge in [0.2, 0.25) is 0 Å². The van der Waals surface area contributed by atoms with Crippen molar-refractivity contribution in [3.05, 3.63) is 0 Å². The van der Waals surface area contributed by atoms with Crippen molar-refractivity contribution in [3.8, 4) is 0 Å². The van der Waals surface area contributed by atoms with Crippen LogP contribution in [0, 0.1) is 0 Å². The molecule has 0 radical (unpaired) electrons. The average Bonchev–Trinajstić information content (AvgIpc) is 2.18. The van der Waals surface area contributed by atoms with E-state index in [1.165, 1.54) is 0 Å². The molecule has 4 heteroatoms. The van der Waals surface area contributed by atoms with Crippen LogP contribution in [0.2, 0.25) is 0 Å². The normalized spacial score (nSPS) is 12.4. The van der Waals surface area contributed by atoms with E-state index in [2.05, 4.69) is 0 Å². The summed E-state index contributed by atoms with van der Waals surface area (Å²) in [5, 5.41) is 0. The van der Waals surface area contributed by atoms with Crippen molar-refractivity contribution in [2.45, 2.75) is 58.6 Å². The van der Waals surface area contributed by atoms with E-state index in [1.807, 2.05) is 34.6 Å². The zero-order valence-electron chi connectivity index (χ0n) is 11.5. The zero-order valence-corrected chi connectivity index (χ0v) is 11.5. The van der Waals surface area contributed by atoms with Crippen LogP contribution in [-0.2, 0) is 4.74 Å². The third kappa shape index (κ3) is 3.67. The van der Waals surface area contributed by atoms with Crippen LogP contribution in [0.15, 0.2) is 0 Å². The Kier molecular flexibility index (Phi) is 5.26. The van der Waals surface area contributed by atoms with Crippen LogP contribution in [0.25, 0.3) is 0 Å². The number of likely N-dealkylation sites (N-methyl/N-ethyl adjacent to an activating group) is 1. The minimum absolute atomic E-state index is 0.289. The number of nitrogens with zero attached hydrogens (tertiary/aromatic N) is 1. The number of carbonyl (C=O) groups is 1. The molecule has 96 valence electrons. The third-order valence-electron chi connectivity index (χ3n) is 3.08. The van der Waals surface area contributed by atoms with Gasteiger partial charge in [-0.05, 0) is 33.6 Å². The van der Waals surface area contributed by atoms with Gasteiger partial charge in [0.25, 0.3) is 0 Å². The van der Waals surface area contributed by atoms with Gasteiger partial charge >= 0.3 is 6.09 Å². The highest BCUT2D eigenvalue weighted by Crippen LogP contribution is 2.23. The lowest BCUT2D eigenvalue weighted by Gasteiger charge is -2.40. The summed E-state index contributed by atoms with van der Waals surface area (Å²) in [5.74, 6) is 0. The largest absolute Gasteiger partial charge is 0.444 e. The Balaban J connectivity index is 4.75. The van der Waals surface area contributed by atoms with Crippen molar-refractivity contribution < 1.29 is 9.53 Å². The summed E-state index contributed by atoms with van der Waals surface area (Å²) in [4.78, 5) is 13.6. The minimum Gasteiger partial charge on any atom is -0.444 e. The summed E-state index contributed by atoms with van der Waals surface area (Å²) < 4.78 is 5.34. The van der Waals surface area contributed by atoms with Crippen LogP contribution < -0.4 is 5.73 Å². The van der Waals surface area contributed by atoms with Crippen molar-refractivity contribution >= 4 is 6.09 Å². The summed E-state index contributed by atoms with van der Waals surface area (Å²) in [7, 11) is 1.76. The molecule has 2 N–H and O–H groups in total. The van der Waals surface area contributed by atoms with Crippen molar-refractivity contribution in [2.24, 2.45) is 5.73 Å². The number of hydrogen-bond acceptors (Lipinski definition) is 3. The number of hydrogen-bond donors (Lipinski definition) is 1. The number of ether oxygens (including phenoxy) is 1. The highest BCUT2D eigenvalue weighted by atomic mass is 16.6. The number of carbonyl (C=O) groups excluding carboxylic acids is 1. The van der Waals surface area contributed by atoms with E-state index >= 15 is 0 Å². The van der Waals surface area contributed by atoms with Crippen LogP contribution in [0.5, 0.6) is 0 Å². The SMILES string of the molecule is CCC(CC)(CN)N(C)C(=O)OC(C)(C)C. The topological polar surface area (TPSA) is 55.6 Å². The molecule has 16 heavy (non-hydrogen) atoms. The zero-order chi connectivity index (χ0) is 13.0. The molecule has 0 heterocycles. The first-order chi connectivity index (χ1) is 7.22. The second-order valence-electron chi connectivity index (χ2n) is 5.17. The quantitative estimate of drug-likeness (QED) is 0.806. The Morgan fingerprint density at radius 1 is 1.25 bits per heavy atom. The standard InChI is InChI=1S/C12H26N2O2/c1-7-12(8-2,9-13)14(6)10(15)16-11(3,4)5/h7-9,13H2,1-6H3. The van der Waals surface area contributed by atoms with Crippen molar-refractivity contribution in [1.82, 2.24) is 4.90 Å². The van der Waals surface area contributed by atoms with Crippen LogP contribution in [0.4, 0.5) is 4.79 Å². The first-order valence-corrected chi connectivity index (χ1v) is 5.89. The van der Waals surface area contributed by atoms with Gasteiger partial charge in [0.1, 0.15) is 5.60 Å². The van der Waals surface area contributed by atoms with E-state index in [0.29, 0.717) is 6.54 Å². The maximum atomic E-state index is 11.9. The molecule has 0 spiro atoms. The Labute approximate surface area is 99.1 Å². The maximum Gasteiger partial charge on any atom is 0.410 e. The second kappa shape index (κ2) is 5.53. The van der Waals surface area contributed by atoms with E-state index in [1.54, 1.807) is 11.9 Å². The molecule has 0 rings (SSSR count). The Morgan fingerprint density at radius 3 is 1.94 bits per heavy atom. The first-order valence-electron chi connectivity index (χ1n) is 5.89. The van der Waals surface area contributed by atoms with E-state index in [-0.39, 0.29) is 11.6 Å². The third-order valence-corrected chi connectivity index (χ3v) is 3.08. The van der Waals surface area contributed by atoms with Gasteiger partial charge in [0.15, 0.2) is 0 Å². The molecule has 0 saturated carbocycles. The Hall–Kier alpha value is -0.770. The van der Waals surface area contributed by atoms with Gasteiger partial charge in [-0.1, -0.05) is 13.8 Å². The summed E-state index contributed by atoms with van der Waals surface area (Å²) in [6.45, 7) is 10.1. The van der Waals surface area contributed by atoms with Gasteiger partial charge in [-0.15, -0.1) is 0 Å². The van der Waals surface area contributed by atoms with Gasteiger partial charge in [0, 0.05) is 13.6 Å². The smallest absolute Gasteiger partial charge is 0.410 e. The van der Waals surface area contributed by atoms with Crippen LogP contribution >= 0.6 is 0 Å². The fraction of sp³-hybridized carbons (Fsp3) is 0.917. The lowest BCUT2D eigenvalue weighted by molar-refractivity contribution is 0.00453. The molecule has 0 saturated heterocycles. The molecular formula is C12H26N2O2. The molecule has 1 amide bonds. The van der Waals surface area contributed by atoms with Crippen LogP contribution in [-0.4, -0.2) is 35.7 Å². The Morgan fingerprint density at radius 2 is 1.69 bits per heavy atom. The number of amides is 1. The van der Waals surface area contributed by atoms with Gasteiger partial charge in [-0.3, -0.25) is 0 Å². The summed E-state index contributed by atoms with van der Waals surface area (Å²) in [5.41, 5.74) is 5.03. The molecule has 0 fully saturated rings. The minimum atomic E-state index is -0.465. The van der Waals surface area contributed by atoms with Gasteiger partial charge in [-0.25, -0.2) is 4.79 Å². The summed E-state index contributed by atoms with van der Waals surface area (Å²) in [6.07, 6.45) is 1.35. The van der Waals surface area contributed by atoms with E-state index in [9.17, 15) is 4.79 Å². The molecule has 0 aliphatic rings. The molecule has 4 nitrogen and oxygen atoms in total. The number of rotatable bonds is 4. The van der Waals surface area contributed by atoms with E-state index in [4.69, 9.17) is 10.5 Å². The van der Waals surface area contributed by atoms with Gasteiger partial charge < -0.3 is 15.4 Å². The predicted octanol–water partition coefficient (Wildman–Crippen LogP) is 2.37. The highest BCUT2D eigenvalue weighted by Gasteiger charge is 2.35. The summed E-state index contributed by atoms with van der Waals surface area (Å²) >= 11 is 0. The second-order valence-corrected chi connectivity index (χ2v) is 5.17. The molecule has 0 aromatic carbocycles. The van der Waals surface area contributed by atoms with Crippen LogP contribution in [0.3, 0.4) is 0 Å². The van der Waals surface area contributed by atoms with Crippen molar-refractivity contribution in [2.75, 3.05) is 13.6 Å². The number of nitrogens with two attached hydrogens (primary N) is 1. The van der Waals surface area contributed by atoms with Gasteiger partial charge in [-0.2, -0.15) is 0 Å². The van der Waals surface area contributed by atoms with Gasteiger partial charge in [0.05, 0.1) is 5.54 Å². The molecule has 0 bridgehead atoms. The monoisotopic (exact) mass is 230 g/mol. The molecule has 0 aromatic heterocycles. The predicted molar refractivity (Wildman–Crippen MR) is 66.4 cm³/mol. The first kappa shape index (κ1) is 15.2. The van der Waals surface area contributed by atoms with Crippen molar-refractivity contribution in [3.63, 3.8) is 0 Å². The fourth-order valence-electron chi connectivity index (χ4n) is 1.67. The molecule has 0 aromatic rings. The molecule has 0 aliphatic carbocycles. The molecule has 0 unspecified atom stereocenters. The lowest BCUT2D eigenvalue weighted by atomic mass is 9.91. The maximum absolute atomic E-state index is 11.9. The summed E-state index contributed by atoms with van der Waals surface area (Å²) in [6, 6.07) is 0. The van der Waals surface area contributed by atoms with E-state index in [0.717, 1.165) is 12.8 Å². The van der Waals surface area contributed by atoms with Crippen LogP contribution in [0.1, 0.15) is 47.5 Å². The Bertz CT molecular complexity index is 221. The molecule has 0 aliphatic heterocycles. The highest BCUT2D eigenvalue weighted by molar-refractivity contribution is 5.68. The van der Waals surface area contributed by atoms with Crippen molar-refractivity contribution in [1.29, 1.82) is 0 Å². The molecular weight excluding hydrogens is 204 g/mol.